The molecular weight excluding hydrogens is 1950 g/mol. The van der Waals surface area contributed by atoms with Gasteiger partial charge in [-0.25, -0.2) is 0 Å². The number of aliphatic hydroxyl groups is 1. The second-order valence-corrected chi connectivity index (χ2v) is 39.5. The van der Waals surface area contributed by atoms with Crippen molar-refractivity contribution in [2.75, 3.05) is 63.8 Å². The number of halogens is 3. The second kappa shape index (κ2) is 42.2. The number of rotatable bonds is 15. The molecule has 1 amide bonds. The number of carbonyl (C=O) groups is 2. The van der Waals surface area contributed by atoms with Gasteiger partial charge in [0.25, 0.3) is 0 Å². The van der Waals surface area contributed by atoms with Crippen LogP contribution in [0.25, 0.3) is 73.1 Å². The Labute approximate surface area is 880 Å². The predicted molar refractivity (Wildman–Crippen MR) is 580 cm³/mol. The third-order valence-electron chi connectivity index (χ3n) is 27.4. The summed E-state index contributed by atoms with van der Waals surface area (Å²) in [7, 11) is 5.66. The smallest absolute Gasteiger partial charge is 0.239 e. The number of aromatic nitrogens is 24. The summed E-state index contributed by atoms with van der Waals surface area (Å²) in [6, 6.07) is 74.6. The number of fused-ring (bicyclic) bond motifs is 15. The summed E-state index contributed by atoms with van der Waals surface area (Å²) in [6.07, 6.45) is 13.9. The fourth-order valence-corrected chi connectivity index (χ4v) is 20.4. The molecule has 0 saturated carbocycles. The molecule has 0 aliphatic carbocycles. The average Bonchev–Trinajstić information content (AvgIpc) is 1.63. The quantitative estimate of drug-likeness (QED) is 0.0900. The Kier molecular flexibility index (Phi) is 28.1. The van der Waals surface area contributed by atoms with E-state index in [0.717, 1.165) is 219 Å². The van der Waals surface area contributed by atoms with Crippen LogP contribution in [0.2, 0.25) is 15.1 Å². The molecule has 5 atom stereocenters. The molecule has 0 saturated heterocycles. The maximum atomic E-state index is 12.6. The first-order chi connectivity index (χ1) is 72.5. The molecule has 3 N–H and O–H groups in total. The number of Topliss-reactive ketones (excluding diaryl/α,β-unsaturated/α-hetero) is 1. The van der Waals surface area contributed by atoms with E-state index in [-0.39, 0.29) is 48.5 Å². The Bertz CT molecular complexity index is 8140. The second-order valence-electron chi connectivity index (χ2n) is 38.2. The van der Waals surface area contributed by atoms with Crippen molar-refractivity contribution < 1.29 is 14.7 Å². The van der Waals surface area contributed by atoms with Crippen LogP contribution in [0.1, 0.15) is 157 Å². The fourth-order valence-electron chi connectivity index (χ4n) is 20.0. The molecule has 24 rings (SSSR count). The zero-order valence-corrected chi connectivity index (χ0v) is 87.1. The maximum absolute atomic E-state index is 12.6. The normalized spacial score (nSPS) is 15.4. The van der Waals surface area contributed by atoms with Crippen LogP contribution in [0, 0.1) is 57.3 Å². The van der Waals surface area contributed by atoms with Gasteiger partial charge in [-0.05, 0) is 246 Å². The SMILES string of the molecule is Cc1nnc2n1-c1ccc(-c3cnn(C)c3)cc1N(c1ccc(C#N)cc1)C[C@@H]2C.Cc1nnc2n1-c1ccc(-c3cnn(C)c3)cc1N(c1ccc(C#N)cc1)C[C@H]2C.Cc1nnc2n1-c1ccc(-c3cnn(C)n3)cc1N(c1ccc(Cl)cc1)C[C@H]2C.Cc1nnc2n1-c1ccc(-c3cnn(CC(N)=O)c3)cc1N(c1ccc(Cl)cc1)C[C@H]2C.Cc1nnc2n1-c1ccc(C(=O)CCCO)cc1N(c1ccc(Cl)cc1)C[C@H]2C. The molecule has 0 unspecified atom stereocenters. The Balaban J connectivity index is 0.000000113. The van der Waals surface area contributed by atoms with Crippen molar-refractivity contribution in [3.05, 3.63) is 346 Å². The summed E-state index contributed by atoms with van der Waals surface area (Å²) < 4.78 is 15.8. The van der Waals surface area contributed by atoms with Crippen molar-refractivity contribution in [2.24, 2.45) is 26.9 Å². The summed E-state index contributed by atoms with van der Waals surface area (Å²) in [6.45, 7) is 24.4. The number of benzene rings is 10. The molecule has 0 fully saturated rings. The Hall–Kier alpha value is -17.4. The zero-order chi connectivity index (χ0) is 105. The first kappa shape index (κ1) is 99.9. The minimum atomic E-state index is -0.430. The highest BCUT2D eigenvalue weighted by Gasteiger charge is 2.37. The number of hydrogen-bond donors (Lipinski definition) is 2. The lowest BCUT2D eigenvalue weighted by Gasteiger charge is -2.27. The van der Waals surface area contributed by atoms with Crippen molar-refractivity contribution in [2.45, 2.75) is 118 Å². The molecule has 14 heterocycles. The molecule has 150 heavy (non-hydrogen) atoms. The largest absolute Gasteiger partial charge is 0.396 e. The molecule has 19 aromatic rings. The van der Waals surface area contributed by atoms with Crippen LogP contribution in [0.5, 0.6) is 0 Å². The average molecular weight is 2060 g/mol. The van der Waals surface area contributed by atoms with Crippen molar-refractivity contribution in [3.8, 4) is 85.2 Å². The van der Waals surface area contributed by atoms with Crippen LogP contribution in [-0.2, 0) is 32.5 Å². The van der Waals surface area contributed by atoms with Gasteiger partial charge in [0, 0.05) is 186 Å². The number of nitrogens with zero attached hydrogens (tertiary/aromatic N) is 31. The number of carbonyl (C=O) groups excluding carboxylic acids is 2. The number of aliphatic hydroxyl groups excluding tert-OH is 1. The first-order valence-electron chi connectivity index (χ1n) is 49.3. The van der Waals surface area contributed by atoms with Crippen molar-refractivity contribution in [3.63, 3.8) is 0 Å². The highest BCUT2D eigenvalue weighted by molar-refractivity contribution is 6.31. The molecule has 0 spiro atoms. The first-order valence-corrected chi connectivity index (χ1v) is 50.4. The monoisotopic (exact) mass is 2050 g/mol. The van der Waals surface area contributed by atoms with Gasteiger partial charge in [0.15, 0.2) is 5.78 Å². The lowest BCUT2D eigenvalue weighted by molar-refractivity contribution is -0.118. The van der Waals surface area contributed by atoms with E-state index in [2.05, 4.69) is 237 Å². The van der Waals surface area contributed by atoms with Crippen LogP contribution in [0.4, 0.5) is 56.9 Å². The standard InChI is InChI=1S/C23H22ClN7O.2C23H21N7.C22H23ClN4O2.C21H20ClN7/c1-14-11-30(19-6-4-18(24)5-7-19)21-9-16(17-10-26-29(12-17)13-22(25)32)3-8-20(21)31-15(2)27-28-23(14)31;2*1-15-13-29(20-7-4-17(11-24)5-8-20)22-10-18(19-12-25-28(3)14-19)6-9-21(22)30-16(2)26-27-23(15)30;1-14-13-26(18-8-6-17(23)7-9-18)20-12-16(21(29)4-3-11-28)5-10-19(20)27-15(2)24-25-22(14)27;1-13-12-28(17-7-5-16(22)6-8-17)20-10-15(18-11-23-27(3)26-18)4-9-19(20)29-14(2)24-25-21(13)29/h3-10,12,14H,11,13H2,1-2H3,(H2,25,32);2*4-10,12,14-15H,13H2,1-3H3;5-10,12,14,28H,3-4,11,13H2,1-2H3;4-11,13H,12H2,1-3H3/t14-;2*15-;14-;13-/m11011/s1. The minimum absolute atomic E-state index is 0.00829. The highest BCUT2D eigenvalue weighted by atomic mass is 35.5. The van der Waals surface area contributed by atoms with Crippen LogP contribution < -0.4 is 30.2 Å². The van der Waals surface area contributed by atoms with Crippen LogP contribution in [-0.4, -0.2) is 174 Å². The van der Waals surface area contributed by atoms with E-state index in [1.54, 1.807) is 21.9 Å². The third kappa shape index (κ3) is 20.1. The summed E-state index contributed by atoms with van der Waals surface area (Å²) in [4.78, 5) is 36.8. The van der Waals surface area contributed by atoms with E-state index in [4.69, 9.17) is 45.6 Å². The van der Waals surface area contributed by atoms with Gasteiger partial charge in [-0.3, -0.25) is 46.5 Å². The summed E-state index contributed by atoms with van der Waals surface area (Å²) in [5.74, 6) is 9.41. The van der Waals surface area contributed by atoms with Gasteiger partial charge in [-0.1, -0.05) is 93.7 Å². The number of amides is 1. The van der Waals surface area contributed by atoms with E-state index in [1.807, 2.05) is 242 Å². The number of anilines is 10. The van der Waals surface area contributed by atoms with Crippen LogP contribution in [0.15, 0.2) is 256 Å². The number of primary amides is 1. The summed E-state index contributed by atoms with van der Waals surface area (Å²) in [5.41, 5.74) is 30.8. The molecule has 5 aliphatic heterocycles. The van der Waals surface area contributed by atoms with E-state index >= 15 is 0 Å². The number of aryl methyl sites for hydroxylation is 8. The lowest BCUT2D eigenvalue weighted by atomic mass is 10.0. The molecule has 10 aromatic carbocycles. The zero-order valence-electron chi connectivity index (χ0n) is 84.8. The maximum Gasteiger partial charge on any atom is 0.239 e. The number of ketones is 1. The van der Waals surface area contributed by atoms with Gasteiger partial charge in [-0.2, -0.15) is 40.8 Å². The van der Waals surface area contributed by atoms with Crippen molar-refractivity contribution in [1.82, 2.24) is 118 Å². The van der Waals surface area contributed by atoms with E-state index in [9.17, 15) is 20.1 Å². The van der Waals surface area contributed by atoms with Crippen LogP contribution >= 0.6 is 34.8 Å². The molecule has 0 radical (unpaired) electrons. The minimum Gasteiger partial charge on any atom is -0.396 e. The molecule has 35 nitrogen and oxygen atoms in total. The Morgan fingerprint density at radius 3 is 0.940 bits per heavy atom. The topological polar surface area (TPSA) is 382 Å². The lowest BCUT2D eigenvalue weighted by Crippen LogP contribution is -2.22. The number of hydrogen-bond acceptors (Lipinski definition) is 25. The summed E-state index contributed by atoms with van der Waals surface area (Å²) in [5, 5.41) is 95.0. The predicted octanol–water partition coefficient (Wildman–Crippen LogP) is 20.8. The Morgan fingerprint density at radius 2 is 0.647 bits per heavy atom. The van der Waals surface area contributed by atoms with Gasteiger partial charge in [0.1, 0.15) is 70.5 Å². The van der Waals surface area contributed by atoms with Gasteiger partial charge >= 0.3 is 0 Å². The van der Waals surface area contributed by atoms with E-state index in [0.29, 0.717) is 46.1 Å². The van der Waals surface area contributed by atoms with Gasteiger partial charge < -0.3 is 35.3 Å². The molecule has 0 bridgehead atoms. The van der Waals surface area contributed by atoms with Gasteiger partial charge in [0.05, 0.1) is 105 Å². The fraction of sp³-hybridized carbons (Fsp3) is 0.241. The third-order valence-corrected chi connectivity index (χ3v) is 28.2. The molecule has 5 aliphatic rings. The van der Waals surface area contributed by atoms with Gasteiger partial charge in [0.2, 0.25) is 5.91 Å². The number of nitrogens with two attached hydrogens (primary N) is 1. The van der Waals surface area contributed by atoms with E-state index < -0.39 is 5.91 Å². The van der Waals surface area contributed by atoms with Crippen molar-refractivity contribution in [1.29, 1.82) is 10.5 Å². The molecule has 754 valence electrons. The van der Waals surface area contributed by atoms with Crippen molar-refractivity contribution >= 4 is 103 Å². The number of nitriles is 2. The molecule has 38 heteroatoms. The molecule has 9 aromatic heterocycles. The van der Waals surface area contributed by atoms with E-state index in [1.165, 1.54) is 0 Å². The molecular formula is C112H107Cl3N32O3. The summed E-state index contributed by atoms with van der Waals surface area (Å²) >= 11 is 18.4. The van der Waals surface area contributed by atoms with Crippen LogP contribution in [0.3, 0.4) is 0 Å². The Morgan fingerprint density at radius 1 is 0.353 bits per heavy atom. The van der Waals surface area contributed by atoms with Gasteiger partial charge in [-0.15, -0.1) is 51.0 Å². The highest BCUT2D eigenvalue weighted by Crippen LogP contribution is 2.48.